The number of rotatable bonds is 4. The SMILES string of the molecule is CC(C)c1ccc2c(OS(=O)O)cc(-c3ccccc3)c-2cc1. The molecule has 0 amide bonds. The Balaban J connectivity index is 2.22. The first-order chi connectivity index (χ1) is 11.1. The number of hydrogen-bond donors (Lipinski definition) is 1. The van der Waals surface area contributed by atoms with Gasteiger partial charge in [-0.1, -0.05) is 68.4 Å². The third kappa shape index (κ3) is 3.28. The van der Waals surface area contributed by atoms with Gasteiger partial charge in [0.2, 0.25) is 0 Å². The molecule has 1 aromatic carbocycles. The van der Waals surface area contributed by atoms with Crippen molar-refractivity contribution in [1.29, 1.82) is 0 Å². The van der Waals surface area contributed by atoms with Gasteiger partial charge in [-0.15, -0.1) is 0 Å². The Kier molecular flexibility index (Phi) is 4.46. The molecule has 0 heterocycles. The van der Waals surface area contributed by atoms with E-state index in [2.05, 4.69) is 26.0 Å². The zero-order valence-electron chi connectivity index (χ0n) is 13.0. The van der Waals surface area contributed by atoms with Crippen LogP contribution in [0.25, 0.3) is 22.3 Å². The largest absolute Gasteiger partial charge is 0.379 e. The van der Waals surface area contributed by atoms with Crippen LogP contribution < -0.4 is 4.18 Å². The number of hydrogen-bond acceptors (Lipinski definition) is 2. The summed E-state index contributed by atoms with van der Waals surface area (Å²) in [5, 5.41) is 0. The zero-order chi connectivity index (χ0) is 16.4. The fraction of sp³-hybridized carbons (Fsp3) is 0.158. The molecular formula is C19H18O3S. The first-order valence-electron chi connectivity index (χ1n) is 7.47. The van der Waals surface area contributed by atoms with Crippen LogP contribution in [0.1, 0.15) is 25.3 Å². The third-order valence-corrected chi connectivity index (χ3v) is 4.24. The van der Waals surface area contributed by atoms with Crippen LogP contribution in [0, 0.1) is 0 Å². The van der Waals surface area contributed by atoms with Gasteiger partial charge in [-0.2, -0.15) is 4.21 Å². The maximum absolute atomic E-state index is 11.1. The summed E-state index contributed by atoms with van der Waals surface area (Å²) in [6.45, 7) is 4.27. The summed E-state index contributed by atoms with van der Waals surface area (Å²) in [7, 11) is 0. The molecule has 3 nitrogen and oxygen atoms in total. The molecule has 0 radical (unpaired) electrons. The normalized spacial score (nSPS) is 12.5. The molecule has 0 spiro atoms. The minimum absolute atomic E-state index is 0.406. The van der Waals surface area contributed by atoms with Gasteiger partial charge < -0.3 is 4.18 Å². The third-order valence-electron chi connectivity index (χ3n) is 3.92. The van der Waals surface area contributed by atoms with Gasteiger partial charge in [0, 0.05) is 5.56 Å². The molecule has 118 valence electrons. The summed E-state index contributed by atoms with van der Waals surface area (Å²) in [4.78, 5) is 0. The molecule has 1 unspecified atom stereocenters. The van der Waals surface area contributed by atoms with E-state index in [1.54, 1.807) is 0 Å². The second kappa shape index (κ2) is 6.52. The molecule has 1 atom stereocenters. The molecule has 0 bridgehead atoms. The molecule has 4 heteroatoms. The predicted molar refractivity (Wildman–Crippen MR) is 94.0 cm³/mol. The second-order valence-electron chi connectivity index (χ2n) is 5.74. The highest BCUT2D eigenvalue weighted by molar-refractivity contribution is 7.74. The first-order valence-corrected chi connectivity index (χ1v) is 8.50. The van der Waals surface area contributed by atoms with Crippen molar-refractivity contribution in [2.24, 2.45) is 0 Å². The lowest BCUT2D eigenvalue weighted by molar-refractivity contribution is 0.459. The van der Waals surface area contributed by atoms with Crippen molar-refractivity contribution in [3.8, 4) is 28.0 Å². The highest BCUT2D eigenvalue weighted by atomic mass is 32.2. The van der Waals surface area contributed by atoms with Crippen LogP contribution in [0.3, 0.4) is 0 Å². The van der Waals surface area contributed by atoms with Crippen LogP contribution in [0.4, 0.5) is 0 Å². The predicted octanol–water partition coefficient (Wildman–Crippen LogP) is 5.10. The summed E-state index contributed by atoms with van der Waals surface area (Å²) >= 11 is -2.35. The zero-order valence-corrected chi connectivity index (χ0v) is 13.8. The smallest absolute Gasteiger partial charge is 0.357 e. The molecular weight excluding hydrogens is 308 g/mol. The monoisotopic (exact) mass is 326 g/mol. The van der Waals surface area contributed by atoms with Gasteiger partial charge in [-0.25, -0.2) is 0 Å². The second-order valence-corrected chi connectivity index (χ2v) is 6.34. The Hall–Kier alpha value is -2.17. The fourth-order valence-electron chi connectivity index (χ4n) is 2.72. The van der Waals surface area contributed by atoms with Gasteiger partial charge in [0.25, 0.3) is 0 Å². The maximum Gasteiger partial charge on any atom is 0.357 e. The van der Waals surface area contributed by atoms with Crippen molar-refractivity contribution >= 4 is 11.4 Å². The van der Waals surface area contributed by atoms with Crippen molar-refractivity contribution in [3.05, 3.63) is 66.2 Å². The van der Waals surface area contributed by atoms with E-state index in [1.165, 1.54) is 5.56 Å². The van der Waals surface area contributed by atoms with E-state index in [4.69, 9.17) is 8.74 Å². The van der Waals surface area contributed by atoms with E-state index in [0.717, 1.165) is 22.3 Å². The molecule has 23 heavy (non-hydrogen) atoms. The van der Waals surface area contributed by atoms with Crippen LogP contribution in [0.15, 0.2) is 60.7 Å². The molecule has 2 aliphatic rings. The van der Waals surface area contributed by atoms with Gasteiger partial charge in [0.1, 0.15) is 0 Å². The average molecular weight is 326 g/mol. The van der Waals surface area contributed by atoms with Crippen molar-refractivity contribution in [3.63, 3.8) is 0 Å². The Bertz CT molecular complexity index is 812. The molecule has 1 N–H and O–H groups in total. The lowest BCUT2D eigenvalue weighted by Crippen LogP contribution is -1.96. The first kappa shape index (κ1) is 15.7. The quantitative estimate of drug-likeness (QED) is 0.679. The van der Waals surface area contributed by atoms with E-state index in [1.807, 2.05) is 48.5 Å². The summed E-state index contributed by atoms with van der Waals surface area (Å²) in [6.07, 6.45) is 0. The molecule has 0 saturated carbocycles. The highest BCUT2D eigenvalue weighted by Gasteiger charge is 2.19. The van der Waals surface area contributed by atoms with Crippen molar-refractivity contribution in [2.75, 3.05) is 0 Å². The number of fused-ring (bicyclic) bond motifs is 1. The maximum atomic E-state index is 11.1. The Morgan fingerprint density at radius 3 is 2.17 bits per heavy atom. The topological polar surface area (TPSA) is 46.5 Å². The number of benzene rings is 1. The van der Waals surface area contributed by atoms with Crippen LogP contribution in [-0.2, 0) is 11.4 Å². The molecule has 0 fully saturated rings. The van der Waals surface area contributed by atoms with E-state index >= 15 is 0 Å². The standard InChI is InChI=1S/C19H18O3S/c1-13(2)14-8-10-16-17(11-9-14)19(22-23(20)21)12-18(16)15-6-4-3-5-7-15/h3-13H,1-2H3,(H,20,21). The summed E-state index contributed by atoms with van der Waals surface area (Å²) < 4.78 is 25.3. The minimum Gasteiger partial charge on any atom is -0.379 e. The van der Waals surface area contributed by atoms with Gasteiger partial charge in [-0.3, -0.25) is 4.55 Å². The Labute approximate surface area is 138 Å². The molecule has 0 aliphatic heterocycles. The molecule has 0 aromatic heterocycles. The lowest BCUT2D eigenvalue weighted by Gasteiger charge is -2.01. The van der Waals surface area contributed by atoms with Crippen molar-refractivity contribution < 1.29 is 12.9 Å². The molecule has 3 rings (SSSR count). The van der Waals surface area contributed by atoms with Crippen LogP contribution in [-0.4, -0.2) is 8.76 Å². The Morgan fingerprint density at radius 2 is 1.57 bits per heavy atom. The summed E-state index contributed by atoms with van der Waals surface area (Å²) in [5.41, 5.74) is 5.08. The average Bonchev–Trinajstić information content (AvgIpc) is 2.71. The van der Waals surface area contributed by atoms with E-state index in [9.17, 15) is 4.21 Å². The van der Waals surface area contributed by atoms with E-state index in [-0.39, 0.29) is 0 Å². The lowest BCUT2D eigenvalue weighted by atomic mass is 10.0. The fourth-order valence-corrected chi connectivity index (χ4v) is 3.01. The van der Waals surface area contributed by atoms with Gasteiger partial charge in [0.05, 0.1) is 0 Å². The van der Waals surface area contributed by atoms with Crippen molar-refractivity contribution in [2.45, 2.75) is 19.8 Å². The van der Waals surface area contributed by atoms with Gasteiger partial charge >= 0.3 is 11.4 Å². The molecule has 0 saturated heterocycles. The van der Waals surface area contributed by atoms with Gasteiger partial charge in [-0.05, 0) is 34.2 Å². The van der Waals surface area contributed by atoms with Gasteiger partial charge in [0.15, 0.2) is 5.75 Å². The van der Waals surface area contributed by atoms with Crippen LogP contribution in [0.2, 0.25) is 0 Å². The molecule has 2 aliphatic carbocycles. The van der Waals surface area contributed by atoms with E-state index < -0.39 is 11.4 Å². The summed E-state index contributed by atoms with van der Waals surface area (Å²) in [5.74, 6) is 0.827. The van der Waals surface area contributed by atoms with Crippen LogP contribution in [0.5, 0.6) is 5.75 Å². The highest BCUT2D eigenvalue weighted by Crippen LogP contribution is 2.43. The van der Waals surface area contributed by atoms with E-state index in [0.29, 0.717) is 11.7 Å². The minimum atomic E-state index is -2.35. The Morgan fingerprint density at radius 1 is 0.913 bits per heavy atom. The van der Waals surface area contributed by atoms with Crippen molar-refractivity contribution in [1.82, 2.24) is 0 Å². The summed E-state index contributed by atoms with van der Waals surface area (Å²) in [6, 6.07) is 19.9. The molecule has 1 aromatic rings. The van der Waals surface area contributed by atoms with Crippen LogP contribution >= 0.6 is 0 Å².